The fraction of sp³-hybridized carbons (Fsp3) is 0.767. The Labute approximate surface area is 211 Å². The number of amides is 1. The average Bonchev–Trinajstić information content (AvgIpc) is 3.08. The van der Waals surface area contributed by atoms with E-state index in [0.717, 1.165) is 31.3 Å². The van der Waals surface area contributed by atoms with Gasteiger partial charge in [0.15, 0.2) is 11.6 Å². The first-order valence-electron chi connectivity index (χ1n) is 13.4. The zero-order valence-corrected chi connectivity index (χ0v) is 23.0. The third-order valence-corrected chi connectivity index (χ3v) is 11.6. The summed E-state index contributed by atoms with van der Waals surface area (Å²) in [6.45, 7) is 16.6. The Hall–Kier alpha value is -1.75. The van der Waals surface area contributed by atoms with Crippen LogP contribution in [0.25, 0.3) is 0 Å². The second kappa shape index (κ2) is 7.87. The van der Waals surface area contributed by atoms with Crippen molar-refractivity contribution in [2.24, 2.45) is 51.1 Å². The molecule has 0 aliphatic heterocycles. The summed E-state index contributed by atoms with van der Waals surface area (Å²) in [6, 6.07) is 0. The van der Waals surface area contributed by atoms with E-state index in [2.05, 4.69) is 26.8 Å². The first kappa shape index (κ1) is 26.3. The van der Waals surface area contributed by atoms with Crippen LogP contribution in [0.2, 0.25) is 0 Å². The summed E-state index contributed by atoms with van der Waals surface area (Å²) in [5.74, 6) is -0.628. The molecule has 1 amide bonds. The molecule has 194 valence electrons. The molecule has 8 unspecified atom stereocenters. The maximum atomic E-state index is 13.5. The minimum Gasteiger partial charge on any atom is -0.373 e. The van der Waals surface area contributed by atoms with E-state index in [4.69, 9.17) is 5.73 Å². The summed E-state index contributed by atoms with van der Waals surface area (Å²) < 4.78 is 0. The number of Topliss-reactive ketones (excluding diaryl/α,β-unsaturated/α-hetero) is 1. The van der Waals surface area contributed by atoms with Crippen molar-refractivity contribution >= 4 is 17.5 Å². The topological polar surface area (TPSA) is 97.5 Å². The number of aliphatic hydroxyl groups is 1. The number of carbonyl (C=O) groups is 3. The first-order valence-corrected chi connectivity index (χ1v) is 13.4. The van der Waals surface area contributed by atoms with Crippen molar-refractivity contribution < 1.29 is 19.5 Å². The van der Waals surface area contributed by atoms with E-state index in [-0.39, 0.29) is 34.4 Å². The second-order valence-electron chi connectivity index (χ2n) is 13.7. The lowest BCUT2D eigenvalue weighted by Crippen LogP contribution is -2.63. The third-order valence-electron chi connectivity index (χ3n) is 11.6. The van der Waals surface area contributed by atoms with Crippen LogP contribution in [0.15, 0.2) is 23.3 Å². The maximum Gasteiger partial charge on any atom is 0.257 e. The zero-order valence-electron chi connectivity index (χ0n) is 23.0. The van der Waals surface area contributed by atoms with Crippen molar-refractivity contribution in [1.29, 1.82) is 0 Å². The van der Waals surface area contributed by atoms with Crippen LogP contribution in [0.3, 0.4) is 0 Å². The highest BCUT2D eigenvalue weighted by Crippen LogP contribution is 2.75. The summed E-state index contributed by atoms with van der Waals surface area (Å²) in [7, 11) is 0. The normalized spacial score (nSPS) is 44.5. The number of hydrogen-bond acceptors (Lipinski definition) is 4. The molecule has 0 heterocycles. The van der Waals surface area contributed by atoms with Crippen LogP contribution in [-0.4, -0.2) is 28.2 Å². The Morgan fingerprint density at radius 2 is 1.77 bits per heavy atom. The van der Waals surface area contributed by atoms with Crippen LogP contribution in [-0.2, 0) is 14.4 Å². The minimum atomic E-state index is -2.16. The smallest absolute Gasteiger partial charge is 0.257 e. The van der Waals surface area contributed by atoms with Gasteiger partial charge in [0, 0.05) is 17.3 Å². The van der Waals surface area contributed by atoms with Crippen molar-refractivity contribution in [2.75, 3.05) is 0 Å². The molecule has 3 fully saturated rings. The molecule has 3 saturated carbocycles. The molecule has 4 aliphatic rings. The van der Waals surface area contributed by atoms with Gasteiger partial charge < -0.3 is 10.8 Å². The number of primary amides is 1. The van der Waals surface area contributed by atoms with Crippen molar-refractivity contribution in [1.82, 2.24) is 0 Å². The number of nitrogens with two attached hydrogens (primary N) is 1. The molecule has 5 heteroatoms. The number of rotatable bonds is 5. The molecule has 0 aromatic heterocycles. The molecule has 8 atom stereocenters. The number of allylic oxidation sites excluding steroid dienone is 4. The molecular formula is C30H45NO4. The summed E-state index contributed by atoms with van der Waals surface area (Å²) in [5.41, 5.74) is 4.17. The number of fused-ring (bicyclic) bond motifs is 5. The quantitative estimate of drug-likeness (QED) is 0.321. The van der Waals surface area contributed by atoms with E-state index in [1.54, 1.807) is 6.08 Å². The maximum absolute atomic E-state index is 13.5. The molecule has 0 saturated heterocycles. The van der Waals surface area contributed by atoms with Gasteiger partial charge in [0.05, 0.1) is 0 Å². The molecule has 35 heavy (non-hydrogen) atoms. The van der Waals surface area contributed by atoms with Gasteiger partial charge in [-0.15, -0.1) is 0 Å². The summed E-state index contributed by atoms with van der Waals surface area (Å²) in [5, 5.41) is 11.8. The Balaban J connectivity index is 1.74. The molecule has 0 aromatic carbocycles. The lowest BCUT2D eigenvalue weighted by atomic mass is 9.43. The highest BCUT2D eigenvalue weighted by Gasteiger charge is 2.77. The minimum absolute atomic E-state index is 0.0200. The van der Waals surface area contributed by atoms with E-state index in [1.165, 1.54) is 5.57 Å². The van der Waals surface area contributed by atoms with Crippen molar-refractivity contribution in [3.8, 4) is 0 Å². The highest BCUT2D eigenvalue weighted by atomic mass is 16.3. The largest absolute Gasteiger partial charge is 0.373 e. The van der Waals surface area contributed by atoms with Crippen LogP contribution in [0.4, 0.5) is 0 Å². The monoisotopic (exact) mass is 483 g/mol. The Morgan fingerprint density at radius 3 is 2.34 bits per heavy atom. The van der Waals surface area contributed by atoms with Gasteiger partial charge in [-0.05, 0) is 86.5 Å². The van der Waals surface area contributed by atoms with E-state index in [9.17, 15) is 19.5 Å². The Morgan fingerprint density at radius 1 is 1.14 bits per heavy atom. The lowest BCUT2D eigenvalue weighted by Gasteiger charge is -2.60. The predicted molar refractivity (Wildman–Crippen MR) is 137 cm³/mol. The van der Waals surface area contributed by atoms with Crippen molar-refractivity contribution in [2.45, 2.75) is 99.5 Å². The molecule has 5 nitrogen and oxygen atoms in total. The van der Waals surface area contributed by atoms with Crippen molar-refractivity contribution in [3.05, 3.63) is 23.3 Å². The van der Waals surface area contributed by atoms with E-state index >= 15 is 0 Å². The number of ketones is 2. The van der Waals surface area contributed by atoms with Crippen LogP contribution >= 0.6 is 0 Å². The Kier molecular flexibility index (Phi) is 5.92. The molecule has 0 bridgehead atoms. The van der Waals surface area contributed by atoms with Crippen LogP contribution in [0.5, 0.6) is 0 Å². The Bertz CT molecular complexity index is 1030. The van der Waals surface area contributed by atoms with Gasteiger partial charge >= 0.3 is 0 Å². The van der Waals surface area contributed by atoms with Gasteiger partial charge in [0.1, 0.15) is 0 Å². The summed E-state index contributed by atoms with van der Waals surface area (Å²) in [4.78, 5) is 38.9. The van der Waals surface area contributed by atoms with Gasteiger partial charge in [-0.2, -0.15) is 0 Å². The van der Waals surface area contributed by atoms with Crippen LogP contribution in [0, 0.1) is 45.3 Å². The van der Waals surface area contributed by atoms with Crippen LogP contribution < -0.4 is 5.73 Å². The van der Waals surface area contributed by atoms with Gasteiger partial charge in [-0.25, -0.2) is 0 Å². The first-order chi connectivity index (χ1) is 16.0. The lowest BCUT2D eigenvalue weighted by molar-refractivity contribution is -0.167. The number of carbonyl (C=O) groups excluding carboxylic acids is 3. The molecule has 4 aliphatic carbocycles. The van der Waals surface area contributed by atoms with Crippen LogP contribution in [0.1, 0.15) is 93.9 Å². The summed E-state index contributed by atoms with van der Waals surface area (Å²) >= 11 is 0. The second-order valence-corrected chi connectivity index (χ2v) is 13.7. The highest BCUT2D eigenvalue weighted by molar-refractivity contribution is 6.14. The molecule has 4 rings (SSSR count). The average molecular weight is 484 g/mol. The van der Waals surface area contributed by atoms with E-state index in [0.29, 0.717) is 18.8 Å². The standard InChI is InChI=1S/C30H45NO4/c1-17(2)15-19(32)16-18(3)20-11-13-28(7)21-9-10-23-26(4,5)24(33)30(35,25(31)34)29(23,8)22(21)12-14-27(20,28)6/h9,15,18,20,22-23,35H,10-14,16H2,1-8H3,(H2,31,34). The summed E-state index contributed by atoms with van der Waals surface area (Å²) in [6.07, 6.45) is 9.18. The van der Waals surface area contributed by atoms with Gasteiger partial charge in [0.2, 0.25) is 5.60 Å². The third kappa shape index (κ3) is 3.12. The van der Waals surface area contributed by atoms with Gasteiger partial charge in [-0.3, -0.25) is 14.4 Å². The van der Waals surface area contributed by atoms with E-state index in [1.807, 2.05) is 34.6 Å². The fourth-order valence-electron chi connectivity index (χ4n) is 9.65. The van der Waals surface area contributed by atoms with E-state index < -0.39 is 28.1 Å². The van der Waals surface area contributed by atoms with Gasteiger partial charge in [0.25, 0.3) is 5.91 Å². The molecule has 0 aromatic rings. The predicted octanol–water partition coefficient (Wildman–Crippen LogP) is 5.16. The fourth-order valence-corrected chi connectivity index (χ4v) is 9.65. The molecule has 0 spiro atoms. The zero-order chi connectivity index (χ0) is 26.4. The van der Waals surface area contributed by atoms with Crippen molar-refractivity contribution in [3.63, 3.8) is 0 Å². The molecule has 3 N–H and O–H groups in total. The van der Waals surface area contributed by atoms with Gasteiger partial charge in [-0.1, -0.05) is 58.8 Å². The molecule has 0 radical (unpaired) electrons. The molecular weight excluding hydrogens is 438 g/mol. The number of hydrogen-bond donors (Lipinski definition) is 2. The SMILES string of the molecule is CC(C)=CC(=O)CC(C)C1CCC2(C)C3=CCC4C(C)(C)C(=O)C(O)(C(N)=O)C4(C)C3CCC12C.